The minimum absolute atomic E-state index is 0.139. The molecule has 0 bridgehead atoms. The van der Waals surface area contributed by atoms with E-state index in [1.54, 1.807) is 27.8 Å². The average molecular weight is 220 g/mol. The molecule has 0 aromatic rings. The molecular weight excluding hydrogens is 202 g/mol. The predicted octanol–water partition coefficient (Wildman–Crippen LogP) is 1.30. The van der Waals surface area contributed by atoms with Crippen molar-refractivity contribution in [3.8, 4) is 0 Å². The molecule has 0 radical (unpaired) electrons. The summed E-state index contributed by atoms with van der Waals surface area (Å²) in [5, 5.41) is 1.50. The van der Waals surface area contributed by atoms with E-state index in [0.29, 0.717) is 0 Å². The molecular formula is C10H18F2N2O. The quantitative estimate of drug-likeness (QED) is 0.761. The third-order valence-corrected chi connectivity index (χ3v) is 2.73. The molecule has 2 atom stereocenters. The molecule has 15 heavy (non-hydrogen) atoms. The maximum absolute atomic E-state index is 12.7. The van der Waals surface area contributed by atoms with Crippen molar-refractivity contribution in [3.05, 3.63) is 0 Å². The second-order valence-electron chi connectivity index (χ2n) is 5.03. The molecule has 1 aliphatic rings. The third kappa shape index (κ3) is 2.52. The van der Waals surface area contributed by atoms with E-state index in [1.807, 2.05) is 0 Å². The van der Waals surface area contributed by atoms with Gasteiger partial charge in [-0.3, -0.25) is 10.2 Å². The summed E-state index contributed by atoms with van der Waals surface area (Å²) in [6, 6.07) is -0.718. The molecule has 1 saturated heterocycles. The fraction of sp³-hybridized carbons (Fsp3) is 0.900. The Bertz CT molecular complexity index is 250. The monoisotopic (exact) mass is 220 g/mol. The smallest absolute Gasteiger partial charge is 0.244 e. The lowest BCUT2D eigenvalue weighted by atomic mass is 9.82. The van der Waals surface area contributed by atoms with Crippen LogP contribution in [0.4, 0.5) is 8.78 Å². The van der Waals surface area contributed by atoms with E-state index >= 15 is 0 Å². The molecule has 1 N–H and O–H groups in total. The highest BCUT2D eigenvalue weighted by molar-refractivity contribution is 5.89. The maximum Gasteiger partial charge on any atom is 0.244 e. The van der Waals surface area contributed by atoms with Gasteiger partial charge in [-0.25, -0.2) is 13.8 Å². The summed E-state index contributed by atoms with van der Waals surface area (Å²) in [6.45, 7) is 5.43. The van der Waals surface area contributed by atoms with Crippen LogP contribution in [0.5, 0.6) is 0 Å². The van der Waals surface area contributed by atoms with Crippen LogP contribution in [0.15, 0.2) is 0 Å². The fourth-order valence-corrected chi connectivity index (χ4v) is 1.79. The van der Waals surface area contributed by atoms with Crippen molar-refractivity contribution in [3.63, 3.8) is 0 Å². The van der Waals surface area contributed by atoms with Gasteiger partial charge < -0.3 is 0 Å². The molecule has 0 aromatic carbocycles. The highest BCUT2D eigenvalue weighted by Crippen LogP contribution is 2.28. The molecule has 0 saturated carbocycles. The topological polar surface area (TPSA) is 32.3 Å². The Morgan fingerprint density at radius 3 is 2.40 bits per heavy atom. The van der Waals surface area contributed by atoms with Gasteiger partial charge in [0.25, 0.3) is 0 Å². The minimum Gasteiger partial charge on any atom is -0.297 e. The summed E-state index contributed by atoms with van der Waals surface area (Å²) >= 11 is 0. The number of alkyl halides is 2. The Hall–Kier alpha value is -0.550. The number of halogens is 2. The van der Waals surface area contributed by atoms with Crippen molar-refractivity contribution in [2.24, 2.45) is 11.3 Å². The number of rotatable bonds is 2. The Kier molecular flexibility index (Phi) is 3.45. The third-order valence-electron chi connectivity index (χ3n) is 2.73. The van der Waals surface area contributed by atoms with E-state index in [1.165, 1.54) is 5.01 Å². The van der Waals surface area contributed by atoms with Crippen molar-refractivity contribution >= 4 is 5.78 Å². The zero-order valence-corrected chi connectivity index (χ0v) is 9.55. The Morgan fingerprint density at radius 2 is 2.00 bits per heavy atom. The molecule has 1 fully saturated rings. The number of nitrogens with one attached hydrogen (secondary N) is 1. The molecule has 88 valence electrons. The van der Waals surface area contributed by atoms with Gasteiger partial charge in [-0.15, -0.1) is 0 Å². The molecule has 1 rings (SSSR count). The first-order chi connectivity index (χ1) is 6.75. The van der Waals surface area contributed by atoms with Gasteiger partial charge in [0.05, 0.1) is 12.0 Å². The lowest BCUT2D eigenvalue weighted by Crippen LogP contribution is -2.46. The van der Waals surface area contributed by atoms with E-state index in [-0.39, 0.29) is 12.3 Å². The van der Waals surface area contributed by atoms with Gasteiger partial charge in [-0.1, -0.05) is 20.8 Å². The molecule has 0 aromatic heterocycles. The lowest BCUT2D eigenvalue weighted by molar-refractivity contribution is -0.133. The second-order valence-corrected chi connectivity index (χ2v) is 5.03. The van der Waals surface area contributed by atoms with Crippen molar-refractivity contribution in [2.45, 2.75) is 33.2 Å². The standard InChI is InChI=1S/C10H18F2N2O/c1-10(2,3)8(15)7-6(9(11)12)5-13-14(7)4/h6-7,9,13H,5H2,1-4H3. The summed E-state index contributed by atoms with van der Waals surface area (Å²) in [6.07, 6.45) is -2.46. The van der Waals surface area contributed by atoms with Crippen molar-refractivity contribution in [1.82, 2.24) is 10.4 Å². The van der Waals surface area contributed by atoms with Crippen molar-refractivity contribution in [2.75, 3.05) is 13.6 Å². The summed E-state index contributed by atoms with van der Waals surface area (Å²) in [4.78, 5) is 12.0. The number of carbonyl (C=O) groups excluding carboxylic acids is 1. The molecule has 1 aliphatic heterocycles. The minimum atomic E-state index is -2.46. The number of likely N-dealkylation sites (N-methyl/N-ethyl adjacent to an activating group) is 1. The molecule has 0 aliphatic carbocycles. The normalized spacial score (nSPS) is 28.7. The Labute approximate surface area is 88.8 Å². The average Bonchev–Trinajstić information content (AvgIpc) is 2.44. The summed E-state index contributed by atoms with van der Waals surface area (Å²) < 4.78 is 25.4. The summed E-state index contributed by atoms with van der Waals surface area (Å²) in [5.41, 5.74) is 2.20. The van der Waals surface area contributed by atoms with Gasteiger partial charge in [0, 0.05) is 19.0 Å². The Morgan fingerprint density at radius 1 is 1.47 bits per heavy atom. The molecule has 2 unspecified atom stereocenters. The fourth-order valence-electron chi connectivity index (χ4n) is 1.79. The van der Waals surface area contributed by atoms with E-state index in [0.717, 1.165) is 0 Å². The Balaban J connectivity index is 2.86. The van der Waals surface area contributed by atoms with Crippen molar-refractivity contribution < 1.29 is 13.6 Å². The number of hydrogen-bond donors (Lipinski definition) is 1. The first-order valence-corrected chi connectivity index (χ1v) is 5.04. The molecule has 0 amide bonds. The number of Topliss-reactive ketones (excluding diaryl/α,β-unsaturated/α-hetero) is 1. The van der Waals surface area contributed by atoms with E-state index in [9.17, 15) is 13.6 Å². The molecule has 0 spiro atoms. The van der Waals surface area contributed by atoms with Crippen LogP contribution in [0.1, 0.15) is 20.8 Å². The molecule has 5 heteroatoms. The predicted molar refractivity (Wildman–Crippen MR) is 53.5 cm³/mol. The van der Waals surface area contributed by atoms with E-state index in [2.05, 4.69) is 5.43 Å². The first-order valence-electron chi connectivity index (χ1n) is 5.04. The number of ketones is 1. The lowest BCUT2D eigenvalue weighted by Gasteiger charge is -2.28. The van der Waals surface area contributed by atoms with Gasteiger partial charge in [0.2, 0.25) is 6.43 Å². The highest BCUT2D eigenvalue weighted by atomic mass is 19.3. The van der Waals surface area contributed by atoms with Gasteiger partial charge in [-0.2, -0.15) is 0 Å². The van der Waals surface area contributed by atoms with Crippen molar-refractivity contribution in [1.29, 1.82) is 0 Å². The highest BCUT2D eigenvalue weighted by Gasteiger charge is 2.45. The van der Waals surface area contributed by atoms with Crippen LogP contribution in [0, 0.1) is 11.3 Å². The number of nitrogens with zero attached hydrogens (tertiary/aromatic N) is 1. The summed E-state index contributed by atoms with van der Waals surface area (Å²) in [7, 11) is 1.64. The van der Waals surface area contributed by atoms with Crippen LogP contribution in [0.25, 0.3) is 0 Å². The second kappa shape index (κ2) is 4.14. The molecule has 3 nitrogen and oxygen atoms in total. The van der Waals surface area contributed by atoms with Gasteiger partial charge in [0.1, 0.15) is 0 Å². The van der Waals surface area contributed by atoms with Crippen LogP contribution in [0.3, 0.4) is 0 Å². The van der Waals surface area contributed by atoms with Gasteiger partial charge in [-0.05, 0) is 0 Å². The summed E-state index contributed by atoms with van der Waals surface area (Å²) in [5.74, 6) is -1.04. The number of carbonyl (C=O) groups is 1. The van der Waals surface area contributed by atoms with Crippen LogP contribution >= 0.6 is 0 Å². The van der Waals surface area contributed by atoms with E-state index < -0.39 is 23.8 Å². The van der Waals surface area contributed by atoms with Gasteiger partial charge >= 0.3 is 0 Å². The zero-order valence-electron chi connectivity index (χ0n) is 9.55. The van der Waals surface area contributed by atoms with Crippen LogP contribution in [-0.2, 0) is 4.79 Å². The number of hydrogen-bond acceptors (Lipinski definition) is 3. The maximum atomic E-state index is 12.7. The largest absolute Gasteiger partial charge is 0.297 e. The van der Waals surface area contributed by atoms with Crippen LogP contribution < -0.4 is 5.43 Å². The van der Waals surface area contributed by atoms with E-state index in [4.69, 9.17) is 0 Å². The van der Waals surface area contributed by atoms with Crippen LogP contribution in [0.2, 0.25) is 0 Å². The SMILES string of the molecule is CN1NCC(C(F)F)C1C(=O)C(C)(C)C. The number of hydrazine groups is 1. The van der Waals surface area contributed by atoms with Gasteiger partial charge in [0.15, 0.2) is 5.78 Å². The molecule has 1 heterocycles. The van der Waals surface area contributed by atoms with Crippen LogP contribution in [-0.4, -0.2) is 36.9 Å². The zero-order chi connectivity index (χ0) is 11.8. The first kappa shape index (κ1) is 12.5.